The molecule has 1 rings (SSSR count). The monoisotopic (exact) mass is 309 g/mol. The number of carboxylic acid groups (broad SMARTS) is 1. The van der Waals surface area contributed by atoms with Gasteiger partial charge in [0.15, 0.2) is 6.04 Å². The highest BCUT2D eigenvalue weighted by Gasteiger charge is 2.29. The highest BCUT2D eigenvalue weighted by molar-refractivity contribution is 5.89. The Bertz CT molecular complexity index is 542. The zero-order chi connectivity index (χ0) is 16.4. The van der Waals surface area contributed by atoms with Crippen molar-refractivity contribution in [3.05, 3.63) is 46.3 Å². The van der Waals surface area contributed by atoms with Gasteiger partial charge in [-0.2, -0.15) is 0 Å². The second kappa shape index (κ2) is 9.35. The van der Waals surface area contributed by atoms with Crippen LogP contribution < -0.4 is 0 Å². The Balaban J connectivity index is 2.74. The van der Waals surface area contributed by atoms with Crippen LogP contribution >= 0.6 is 0 Å². The molecular weight excluding hydrogens is 294 g/mol. The minimum absolute atomic E-state index is 0.238. The fourth-order valence-corrected chi connectivity index (χ4v) is 1.54. The van der Waals surface area contributed by atoms with Crippen LogP contribution in [0, 0.1) is 0 Å². The molecule has 0 saturated heterocycles. The van der Waals surface area contributed by atoms with E-state index in [0.717, 1.165) is 0 Å². The predicted octanol–water partition coefficient (Wildman–Crippen LogP) is 1.60. The number of carbonyl (C=O) groups excluding carboxylic acids is 1. The average molecular weight is 309 g/mol. The zero-order valence-electron chi connectivity index (χ0n) is 11.8. The second-order valence-electron chi connectivity index (χ2n) is 4.06. The highest BCUT2D eigenvalue weighted by atomic mass is 16.7. The van der Waals surface area contributed by atoms with Crippen LogP contribution in [0.1, 0.15) is 10.4 Å². The molecular formula is C13H15N3O6. The van der Waals surface area contributed by atoms with Gasteiger partial charge in [0.1, 0.15) is 19.5 Å². The van der Waals surface area contributed by atoms with Gasteiger partial charge < -0.3 is 19.3 Å². The number of methoxy groups -OCH3 is 1. The summed E-state index contributed by atoms with van der Waals surface area (Å²) in [4.78, 5) is 25.4. The van der Waals surface area contributed by atoms with Crippen molar-refractivity contribution in [2.45, 2.75) is 12.1 Å². The van der Waals surface area contributed by atoms with Crippen LogP contribution in [0.25, 0.3) is 10.4 Å². The summed E-state index contributed by atoms with van der Waals surface area (Å²) < 4.78 is 14.8. The van der Waals surface area contributed by atoms with Crippen molar-refractivity contribution < 1.29 is 28.9 Å². The lowest BCUT2D eigenvalue weighted by atomic mass is 10.2. The smallest absolute Gasteiger partial charge is 0.338 e. The molecule has 0 aliphatic carbocycles. The molecule has 0 aliphatic rings. The number of carbonyl (C=O) groups is 2. The van der Waals surface area contributed by atoms with Crippen molar-refractivity contribution >= 4 is 11.9 Å². The van der Waals surface area contributed by atoms with Crippen LogP contribution in [-0.4, -0.2) is 49.7 Å². The summed E-state index contributed by atoms with van der Waals surface area (Å²) in [7, 11) is 1.34. The Morgan fingerprint density at radius 3 is 2.59 bits per heavy atom. The number of hydrogen-bond donors (Lipinski definition) is 1. The molecule has 0 saturated carbocycles. The van der Waals surface area contributed by atoms with Gasteiger partial charge in [0.2, 0.25) is 0 Å². The number of azide groups is 1. The fourth-order valence-electron chi connectivity index (χ4n) is 1.54. The van der Waals surface area contributed by atoms with E-state index in [1.54, 1.807) is 30.3 Å². The van der Waals surface area contributed by atoms with Gasteiger partial charge in [0.05, 0.1) is 5.56 Å². The van der Waals surface area contributed by atoms with E-state index in [0.29, 0.717) is 5.56 Å². The SMILES string of the molecule is COCO[C@H](COC(=O)c1ccccc1)[C@H](N=[N+]=[N-])C(=O)O. The Hall–Kier alpha value is -2.61. The molecule has 9 nitrogen and oxygen atoms in total. The van der Waals surface area contributed by atoms with Crippen LogP contribution in [0.3, 0.4) is 0 Å². The van der Waals surface area contributed by atoms with Gasteiger partial charge in [-0.1, -0.05) is 23.3 Å². The average Bonchev–Trinajstić information content (AvgIpc) is 2.53. The third-order valence-corrected chi connectivity index (χ3v) is 2.57. The van der Waals surface area contributed by atoms with Crippen LogP contribution in [-0.2, 0) is 19.0 Å². The fraction of sp³-hybridized carbons (Fsp3) is 0.385. The third kappa shape index (κ3) is 5.41. The van der Waals surface area contributed by atoms with Gasteiger partial charge in [-0.3, -0.25) is 4.79 Å². The van der Waals surface area contributed by atoms with Gasteiger partial charge in [-0.05, 0) is 17.7 Å². The van der Waals surface area contributed by atoms with E-state index in [1.165, 1.54) is 7.11 Å². The maximum atomic E-state index is 11.8. The first-order valence-corrected chi connectivity index (χ1v) is 6.20. The van der Waals surface area contributed by atoms with Crippen molar-refractivity contribution in [3.63, 3.8) is 0 Å². The maximum Gasteiger partial charge on any atom is 0.338 e. The van der Waals surface area contributed by atoms with Crippen LogP contribution in [0.5, 0.6) is 0 Å². The summed E-state index contributed by atoms with van der Waals surface area (Å²) in [5, 5.41) is 12.2. The Morgan fingerprint density at radius 1 is 1.36 bits per heavy atom. The minimum Gasteiger partial charge on any atom is -0.481 e. The predicted molar refractivity (Wildman–Crippen MR) is 74.0 cm³/mol. The minimum atomic E-state index is -1.54. The second-order valence-corrected chi connectivity index (χ2v) is 4.06. The van der Waals surface area contributed by atoms with Gasteiger partial charge in [0, 0.05) is 12.0 Å². The van der Waals surface area contributed by atoms with E-state index >= 15 is 0 Å². The first-order valence-electron chi connectivity index (χ1n) is 6.20. The number of carboxylic acids is 1. The van der Waals surface area contributed by atoms with E-state index in [-0.39, 0.29) is 6.79 Å². The summed E-state index contributed by atoms with van der Waals surface area (Å²) in [6.07, 6.45) is -1.17. The quantitative estimate of drug-likeness (QED) is 0.242. The van der Waals surface area contributed by atoms with Crippen LogP contribution in [0.2, 0.25) is 0 Å². The number of ether oxygens (including phenoxy) is 3. The summed E-state index contributed by atoms with van der Waals surface area (Å²) in [6.45, 7) is -0.634. The summed E-state index contributed by atoms with van der Waals surface area (Å²) >= 11 is 0. The number of nitrogens with zero attached hydrogens (tertiary/aromatic N) is 3. The van der Waals surface area contributed by atoms with Gasteiger partial charge in [0.25, 0.3) is 0 Å². The zero-order valence-corrected chi connectivity index (χ0v) is 11.8. The van der Waals surface area contributed by atoms with Crippen LogP contribution in [0.15, 0.2) is 35.4 Å². The molecule has 2 atom stereocenters. The molecule has 118 valence electrons. The largest absolute Gasteiger partial charge is 0.481 e. The Morgan fingerprint density at radius 2 is 2.05 bits per heavy atom. The normalized spacial score (nSPS) is 12.8. The van der Waals surface area contributed by atoms with Crippen molar-refractivity contribution in [2.24, 2.45) is 5.11 Å². The molecule has 1 aromatic carbocycles. The Labute approximate surface area is 126 Å². The number of benzene rings is 1. The Kier molecular flexibility index (Phi) is 7.41. The molecule has 0 aromatic heterocycles. The summed E-state index contributed by atoms with van der Waals surface area (Å²) in [5.41, 5.74) is 8.72. The number of aliphatic carboxylic acids is 1. The highest BCUT2D eigenvalue weighted by Crippen LogP contribution is 2.09. The van der Waals surface area contributed by atoms with Crippen molar-refractivity contribution in [1.82, 2.24) is 0 Å². The van der Waals surface area contributed by atoms with Crippen LogP contribution in [0.4, 0.5) is 0 Å². The third-order valence-electron chi connectivity index (χ3n) is 2.57. The lowest BCUT2D eigenvalue weighted by Crippen LogP contribution is -2.38. The molecule has 1 aromatic rings. The first kappa shape index (κ1) is 17.4. The van der Waals surface area contributed by atoms with Crippen molar-refractivity contribution in [1.29, 1.82) is 0 Å². The van der Waals surface area contributed by atoms with Crippen molar-refractivity contribution in [3.8, 4) is 0 Å². The molecule has 0 amide bonds. The molecule has 0 fully saturated rings. The van der Waals surface area contributed by atoms with E-state index in [9.17, 15) is 9.59 Å². The van der Waals surface area contributed by atoms with E-state index in [2.05, 4.69) is 14.8 Å². The van der Waals surface area contributed by atoms with Crippen molar-refractivity contribution in [2.75, 3.05) is 20.5 Å². The lowest BCUT2D eigenvalue weighted by molar-refractivity contribution is -0.148. The summed E-state index contributed by atoms with van der Waals surface area (Å²) in [5.74, 6) is -2.04. The van der Waals surface area contributed by atoms with Gasteiger partial charge >= 0.3 is 11.9 Å². The molecule has 9 heteroatoms. The lowest BCUT2D eigenvalue weighted by Gasteiger charge is -2.20. The summed E-state index contributed by atoms with van der Waals surface area (Å²) in [6, 6.07) is 6.63. The molecule has 1 N–H and O–H groups in total. The molecule has 0 aliphatic heterocycles. The number of esters is 1. The molecule has 22 heavy (non-hydrogen) atoms. The van der Waals surface area contributed by atoms with E-state index in [4.69, 9.17) is 20.1 Å². The first-order chi connectivity index (χ1) is 10.6. The van der Waals surface area contributed by atoms with E-state index in [1.807, 2.05) is 0 Å². The molecule has 0 radical (unpaired) electrons. The molecule has 0 unspecified atom stereocenters. The number of rotatable bonds is 9. The standard InChI is InChI=1S/C13H15N3O6/c1-20-8-22-10(11(12(17)18)15-16-14)7-21-13(19)9-5-3-2-4-6-9/h2-6,10-11H,7-8H2,1H3,(H,17,18)/t10-,11+/m1/s1. The molecule has 0 bridgehead atoms. The number of hydrogen-bond acceptors (Lipinski definition) is 6. The van der Waals surface area contributed by atoms with Gasteiger partial charge in [-0.25, -0.2) is 4.79 Å². The molecule has 0 spiro atoms. The van der Waals surface area contributed by atoms with Gasteiger partial charge in [-0.15, -0.1) is 0 Å². The molecule has 0 heterocycles. The topological polar surface area (TPSA) is 131 Å². The van der Waals surface area contributed by atoms with E-state index < -0.39 is 30.7 Å². The maximum absolute atomic E-state index is 11.8.